The Balaban J connectivity index is 1.63. The van der Waals surface area contributed by atoms with Gasteiger partial charge in [-0.25, -0.2) is 0 Å². The van der Waals surface area contributed by atoms with Crippen molar-refractivity contribution >= 4 is 33.4 Å². The van der Waals surface area contributed by atoms with Crippen LogP contribution in [0.25, 0.3) is 0 Å². The van der Waals surface area contributed by atoms with Crippen LogP contribution in [0.5, 0.6) is 5.75 Å². The molecule has 0 aliphatic heterocycles. The van der Waals surface area contributed by atoms with Gasteiger partial charge in [0.15, 0.2) is 0 Å². The van der Waals surface area contributed by atoms with Gasteiger partial charge < -0.3 is 9.64 Å². The summed E-state index contributed by atoms with van der Waals surface area (Å²) in [5.41, 5.74) is 3.61. The lowest BCUT2D eigenvalue weighted by Crippen LogP contribution is -2.27. The van der Waals surface area contributed by atoms with Crippen molar-refractivity contribution < 1.29 is 9.53 Å². The average Bonchev–Trinajstić information content (AvgIpc) is 3.00. The molecule has 0 aliphatic carbocycles. The zero-order valence-electron chi connectivity index (χ0n) is 15.9. The van der Waals surface area contributed by atoms with Crippen molar-refractivity contribution in [3.63, 3.8) is 0 Å². The number of amides is 1. The van der Waals surface area contributed by atoms with Crippen molar-refractivity contribution in [3.8, 4) is 5.75 Å². The second kappa shape index (κ2) is 8.80. The topological polar surface area (TPSA) is 47.4 Å². The highest BCUT2D eigenvalue weighted by Gasteiger charge is 2.15. The van der Waals surface area contributed by atoms with E-state index < -0.39 is 0 Å². The van der Waals surface area contributed by atoms with Crippen LogP contribution in [0, 0.1) is 6.92 Å². The summed E-state index contributed by atoms with van der Waals surface area (Å²) < 4.78 is 8.45. The monoisotopic (exact) mass is 461 g/mol. The molecular formula is C21H21BrClN3O2. The SMILES string of the molecule is Cc1ccc(Cl)c(OCc2ccc(C(=O)N(C)Cc3c(Br)cnn3C)cc2)c1. The van der Waals surface area contributed by atoms with E-state index in [9.17, 15) is 4.79 Å². The van der Waals surface area contributed by atoms with Gasteiger partial charge in [0.1, 0.15) is 12.4 Å². The quantitative estimate of drug-likeness (QED) is 0.518. The van der Waals surface area contributed by atoms with Crippen LogP contribution in [0.1, 0.15) is 27.2 Å². The number of carbonyl (C=O) groups excluding carboxylic acids is 1. The van der Waals surface area contributed by atoms with E-state index in [1.54, 1.807) is 22.8 Å². The van der Waals surface area contributed by atoms with Crippen molar-refractivity contribution in [1.29, 1.82) is 0 Å². The van der Waals surface area contributed by atoms with Crippen molar-refractivity contribution in [2.75, 3.05) is 7.05 Å². The number of rotatable bonds is 6. The van der Waals surface area contributed by atoms with E-state index in [0.29, 0.717) is 29.5 Å². The fraction of sp³-hybridized carbons (Fsp3) is 0.238. The normalized spacial score (nSPS) is 10.8. The number of hydrogen-bond acceptors (Lipinski definition) is 3. The molecule has 2 aromatic carbocycles. The highest BCUT2D eigenvalue weighted by molar-refractivity contribution is 9.10. The van der Waals surface area contributed by atoms with Crippen LogP contribution in [-0.2, 0) is 20.2 Å². The number of benzene rings is 2. The Bertz CT molecular complexity index is 966. The van der Waals surface area contributed by atoms with Crippen LogP contribution in [0.2, 0.25) is 5.02 Å². The summed E-state index contributed by atoms with van der Waals surface area (Å²) in [5.74, 6) is 0.602. The van der Waals surface area contributed by atoms with E-state index in [-0.39, 0.29) is 5.91 Å². The standard InChI is InChI=1S/C21H21BrClN3O2/c1-14-4-9-18(23)20(10-14)28-13-15-5-7-16(8-6-15)21(27)25(2)12-19-17(22)11-24-26(19)3/h4-11H,12-13H2,1-3H3. The minimum absolute atomic E-state index is 0.0534. The Morgan fingerprint density at radius 3 is 2.61 bits per heavy atom. The average molecular weight is 463 g/mol. The third-order valence-electron chi connectivity index (χ3n) is 4.43. The summed E-state index contributed by atoms with van der Waals surface area (Å²) in [5, 5.41) is 4.76. The molecule has 0 radical (unpaired) electrons. The lowest BCUT2D eigenvalue weighted by atomic mass is 10.1. The van der Waals surface area contributed by atoms with Crippen molar-refractivity contribution in [1.82, 2.24) is 14.7 Å². The molecule has 1 amide bonds. The van der Waals surface area contributed by atoms with Gasteiger partial charge in [-0.3, -0.25) is 9.48 Å². The van der Waals surface area contributed by atoms with Gasteiger partial charge in [-0.05, 0) is 58.2 Å². The van der Waals surface area contributed by atoms with E-state index in [1.165, 1.54) is 0 Å². The van der Waals surface area contributed by atoms with Gasteiger partial charge in [0, 0.05) is 19.7 Å². The fourth-order valence-electron chi connectivity index (χ4n) is 2.76. The molecule has 1 heterocycles. The first-order valence-corrected chi connectivity index (χ1v) is 9.92. The minimum Gasteiger partial charge on any atom is -0.487 e. The highest BCUT2D eigenvalue weighted by atomic mass is 79.9. The zero-order chi connectivity index (χ0) is 20.3. The second-order valence-electron chi connectivity index (χ2n) is 6.64. The number of aryl methyl sites for hydroxylation is 2. The van der Waals surface area contributed by atoms with Gasteiger partial charge in [0.25, 0.3) is 5.91 Å². The molecule has 5 nitrogen and oxygen atoms in total. The molecule has 0 aliphatic rings. The number of aromatic nitrogens is 2. The van der Waals surface area contributed by atoms with E-state index >= 15 is 0 Å². The van der Waals surface area contributed by atoms with Crippen LogP contribution in [0.3, 0.4) is 0 Å². The van der Waals surface area contributed by atoms with E-state index in [1.807, 2.05) is 56.4 Å². The third-order valence-corrected chi connectivity index (χ3v) is 5.40. The largest absolute Gasteiger partial charge is 0.487 e. The van der Waals surface area contributed by atoms with Crippen LogP contribution in [0.4, 0.5) is 0 Å². The molecule has 0 atom stereocenters. The predicted octanol–water partition coefficient (Wildman–Crippen LogP) is 5.00. The first-order chi connectivity index (χ1) is 13.3. The Labute approximate surface area is 178 Å². The molecular weight excluding hydrogens is 442 g/mol. The molecule has 0 N–H and O–H groups in total. The van der Waals surface area contributed by atoms with Crippen molar-refractivity contribution in [2.45, 2.75) is 20.1 Å². The van der Waals surface area contributed by atoms with Crippen LogP contribution in [0.15, 0.2) is 53.1 Å². The Kier molecular flexibility index (Phi) is 6.42. The lowest BCUT2D eigenvalue weighted by Gasteiger charge is -2.18. The van der Waals surface area contributed by atoms with E-state index in [2.05, 4.69) is 21.0 Å². The van der Waals surface area contributed by atoms with E-state index in [0.717, 1.165) is 21.3 Å². The molecule has 0 bridgehead atoms. The maximum atomic E-state index is 12.7. The van der Waals surface area contributed by atoms with Gasteiger partial charge in [-0.2, -0.15) is 5.10 Å². The van der Waals surface area contributed by atoms with Gasteiger partial charge in [0.05, 0.1) is 27.9 Å². The second-order valence-corrected chi connectivity index (χ2v) is 7.91. The molecule has 3 rings (SSSR count). The molecule has 3 aromatic rings. The Hall–Kier alpha value is -2.31. The van der Waals surface area contributed by atoms with Gasteiger partial charge in [-0.1, -0.05) is 29.8 Å². The van der Waals surface area contributed by atoms with E-state index in [4.69, 9.17) is 16.3 Å². The molecule has 28 heavy (non-hydrogen) atoms. The molecule has 0 unspecified atom stereocenters. The number of nitrogens with zero attached hydrogens (tertiary/aromatic N) is 3. The molecule has 0 saturated carbocycles. The molecule has 146 valence electrons. The van der Waals surface area contributed by atoms with Crippen molar-refractivity contribution in [2.24, 2.45) is 7.05 Å². The number of hydrogen-bond donors (Lipinski definition) is 0. The fourth-order valence-corrected chi connectivity index (χ4v) is 3.40. The molecule has 0 fully saturated rings. The molecule has 0 saturated heterocycles. The summed E-state index contributed by atoms with van der Waals surface area (Å²) in [6.07, 6.45) is 1.73. The van der Waals surface area contributed by atoms with Crippen LogP contribution in [-0.4, -0.2) is 27.6 Å². The summed E-state index contributed by atoms with van der Waals surface area (Å²) in [6, 6.07) is 13.1. The first-order valence-electron chi connectivity index (χ1n) is 8.75. The van der Waals surface area contributed by atoms with Crippen LogP contribution < -0.4 is 4.74 Å². The zero-order valence-corrected chi connectivity index (χ0v) is 18.3. The minimum atomic E-state index is -0.0534. The lowest BCUT2D eigenvalue weighted by molar-refractivity contribution is 0.0781. The number of carbonyl (C=O) groups is 1. The number of halogens is 2. The highest BCUT2D eigenvalue weighted by Crippen LogP contribution is 2.26. The molecule has 1 aromatic heterocycles. The maximum absolute atomic E-state index is 12.7. The van der Waals surface area contributed by atoms with Gasteiger partial charge >= 0.3 is 0 Å². The molecule has 7 heteroatoms. The van der Waals surface area contributed by atoms with Gasteiger partial charge in [-0.15, -0.1) is 0 Å². The summed E-state index contributed by atoms with van der Waals surface area (Å²) in [6.45, 7) is 2.84. The third kappa shape index (κ3) is 4.75. The predicted molar refractivity (Wildman–Crippen MR) is 114 cm³/mol. The Morgan fingerprint density at radius 2 is 1.96 bits per heavy atom. The molecule has 0 spiro atoms. The van der Waals surface area contributed by atoms with Crippen LogP contribution >= 0.6 is 27.5 Å². The smallest absolute Gasteiger partial charge is 0.253 e. The first kappa shape index (κ1) is 20.4. The maximum Gasteiger partial charge on any atom is 0.253 e. The Morgan fingerprint density at radius 1 is 1.25 bits per heavy atom. The van der Waals surface area contributed by atoms with Gasteiger partial charge in [0.2, 0.25) is 0 Å². The summed E-state index contributed by atoms with van der Waals surface area (Å²) in [4.78, 5) is 14.4. The summed E-state index contributed by atoms with van der Waals surface area (Å²) in [7, 11) is 3.63. The summed E-state index contributed by atoms with van der Waals surface area (Å²) >= 11 is 9.62. The van der Waals surface area contributed by atoms with Crippen molar-refractivity contribution in [3.05, 3.63) is 80.5 Å². The number of ether oxygens (including phenoxy) is 1.